The summed E-state index contributed by atoms with van der Waals surface area (Å²) in [4.78, 5) is 4.26. The van der Waals surface area contributed by atoms with Crippen molar-refractivity contribution in [2.75, 3.05) is 6.61 Å². The lowest BCUT2D eigenvalue weighted by molar-refractivity contribution is 0.248. The van der Waals surface area contributed by atoms with E-state index < -0.39 is 6.17 Å². The molecule has 0 radical (unpaired) electrons. The first-order valence-corrected chi connectivity index (χ1v) is 10.5. The molecule has 1 unspecified atom stereocenters. The maximum atomic E-state index is 14.0. The van der Waals surface area contributed by atoms with Gasteiger partial charge in [0.05, 0.1) is 12.0 Å². The number of nitrogens with zero attached hydrogens (tertiary/aromatic N) is 1. The van der Waals surface area contributed by atoms with E-state index in [1.54, 1.807) is 0 Å². The molecule has 1 rings (SSSR count). The van der Waals surface area contributed by atoms with E-state index in [1.165, 1.54) is 32.1 Å². The quantitative estimate of drug-likeness (QED) is 0.233. The van der Waals surface area contributed by atoms with E-state index in [-0.39, 0.29) is 11.4 Å². The van der Waals surface area contributed by atoms with Crippen LogP contribution in [0.4, 0.5) is 4.39 Å². The number of aliphatic imine (C=N–C) groups is 1. The molecule has 0 aliphatic carbocycles. The number of alkyl halides is 1. The van der Waals surface area contributed by atoms with E-state index >= 15 is 0 Å². The lowest BCUT2D eigenvalue weighted by Gasteiger charge is -2.07. The second kappa shape index (κ2) is 14.3. The van der Waals surface area contributed by atoms with Crippen LogP contribution in [0.2, 0.25) is 0 Å². The second-order valence-electron chi connectivity index (χ2n) is 7.65. The predicted molar refractivity (Wildman–Crippen MR) is 114 cm³/mol. The zero-order chi connectivity index (χ0) is 19.8. The minimum absolute atomic E-state index is 0.234. The first-order valence-electron chi connectivity index (χ1n) is 10.5. The molecule has 1 heterocycles. The van der Waals surface area contributed by atoms with E-state index in [0.29, 0.717) is 25.9 Å². The van der Waals surface area contributed by atoms with Gasteiger partial charge in [0.15, 0.2) is 6.17 Å². The predicted octanol–water partition coefficient (Wildman–Crippen LogP) is 6.41. The first kappa shape index (κ1) is 23.3. The van der Waals surface area contributed by atoms with Crippen LogP contribution in [0.1, 0.15) is 91.4 Å². The Morgan fingerprint density at radius 2 is 1.70 bits per heavy atom. The summed E-state index contributed by atoms with van der Waals surface area (Å²) in [6.07, 6.45) is 14.5. The maximum absolute atomic E-state index is 14.0. The van der Waals surface area contributed by atoms with E-state index in [9.17, 15) is 4.39 Å². The van der Waals surface area contributed by atoms with Crippen molar-refractivity contribution >= 4 is 5.90 Å². The monoisotopic (exact) mass is 373 g/mol. The minimum Gasteiger partial charge on any atom is -0.476 e. The third-order valence-electron chi connectivity index (χ3n) is 4.27. The Bertz CT molecular complexity index is 583. The van der Waals surface area contributed by atoms with Crippen molar-refractivity contribution in [1.29, 1.82) is 0 Å². The molecule has 27 heavy (non-hydrogen) atoms. The Hall–Kier alpha value is -1.74. The summed E-state index contributed by atoms with van der Waals surface area (Å²) < 4.78 is 19.3. The van der Waals surface area contributed by atoms with Crippen LogP contribution in [0.5, 0.6) is 0 Å². The molecule has 0 amide bonds. The van der Waals surface area contributed by atoms with Crippen LogP contribution in [-0.4, -0.2) is 24.2 Å². The van der Waals surface area contributed by atoms with Crippen molar-refractivity contribution in [2.24, 2.45) is 4.99 Å². The number of halogens is 1. The molecule has 1 atom stereocenters. The molecule has 0 saturated carbocycles. The van der Waals surface area contributed by atoms with Gasteiger partial charge in [-0.2, -0.15) is 0 Å². The fourth-order valence-electron chi connectivity index (χ4n) is 2.67. The SMILES string of the molecule is CCCCC/C=C\CCCCC#CCC#CCCC(F)C1=NC(C)(C)CO1. The fraction of sp³-hybridized carbons (Fsp3) is 0.708. The Labute approximate surface area is 166 Å². The summed E-state index contributed by atoms with van der Waals surface area (Å²) >= 11 is 0. The van der Waals surface area contributed by atoms with Crippen molar-refractivity contribution in [3.05, 3.63) is 12.2 Å². The third-order valence-corrected chi connectivity index (χ3v) is 4.27. The third kappa shape index (κ3) is 12.3. The highest BCUT2D eigenvalue weighted by Crippen LogP contribution is 2.20. The average Bonchev–Trinajstić information content (AvgIpc) is 3.01. The Morgan fingerprint density at radius 3 is 2.33 bits per heavy atom. The molecule has 0 N–H and O–H groups in total. The van der Waals surface area contributed by atoms with Gasteiger partial charge in [-0.25, -0.2) is 9.38 Å². The second-order valence-corrected chi connectivity index (χ2v) is 7.65. The van der Waals surface area contributed by atoms with Crippen molar-refractivity contribution in [3.63, 3.8) is 0 Å². The van der Waals surface area contributed by atoms with Crippen LogP contribution in [0.25, 0.3) is 0 Å². The Kier molecular flexibility index (Phi) is 12.4. The fourth-order valence-corrected chi connectivity index (χ4v) is 2.67. The number of rotatable bonds is 11. The highest BCUT2D eigenvalue weighted by molar-refractivity contribution is 5.82. The lowest BCUT2D eigenvalue weighted by atomic mass is 10.1. The number of unbranched alkanes of at least 4 members (excludes halogenated alkanes) is 6. The van der Waals surface area contributed by atoms with Crippen molar-refractivity contribution < 1.29 is 9.13 Å². The van der Waals surface area contributed by atoms with Crippen LogP contribution in [0, 0.1) is 23.7 Å². The molecule has 0 fully saturated rings. The molecule has 3 heteroatoms. The molecule has 1 aliphatic rings. The molecular formula is C24H36FNO. The van der Waals surface area contributed by atoms with Crippen LogP contribution in [0.3, 0.4) is 0 Å². The molecule has 1 aliphatic heterocycles. The molecule has 0 aromatic rings. The summed E-state index contributed by atoms with van der Waals surface area (Å²) in [7, 11) is 0. The molecule has 0 spiro atoms. The molecule has 0 saturated heterocycles. The smallest absolute Gasteiger partial charge is 0.219 e. The maximum Gasteiger partial charge on any atom is 0.219 e. The van der Waals surface area contributed by atoms with E-state index in [4.69, 9.17) is 4.74 Å². The van der Waals surface area contributed by atoms with E-state index in [2.05, 4.69) is 47.7 Å². The van der Waals surface area contributed by atoms with Gasteiger partial charge in [0.1, 0.15) is 6.61 Å². The van der Waals surface area contributed by atoms with Gasteiger partial charge in [0, 0.05) is 12.8 Å². The van der Waals surface area contributed by atoms with Crippen LogP contribution < -0.4 is 0 Å². The zero-order valence-electron chi connectivity index (χ0n) is 17.5. The van der Waals surface area contributed by atoms with Gasteiger partial charge >= 0.3 is 0 Å². The van der Waals surface area contributed by atoms with Gasteiger partial charge in [-0.15, -0.1) is 11.8 Å². The van der Waals surface area contributed by atoms with Gasteiger partial charge in [-0.1, -0.05) is 43.8 Å². The van der Waals surface area contributed by atoms with Crippen molar-refractivity contribution in [1.82, 2.24) is 0 Å². The first-order chi connectivity index (χ1) is 13.0. The summed E-state index contributed by atoms with van der Waals surface area (Å²) in [5, 5.41) is 0. The number of hydrogen-bond donors (Lipinski definition) is 0. The van der Waals surface area contributed by atoms with Gasteiger partial charge in [-0.3, -0.25) is 0 Å². The molecule has 0 aromatic carbocycles. The highest BCUT2D eigenvalue weighted by Gasteiger charge is 2.30. The topological polar surface area (TPSA) is 21.6 Å². The summed E-state index contributed by atoms with van der Waals surface area (Å²) in [6.45, 7) is 6.57. The highest BCUT2D eigenvalue weighted by atomic mass is 19.1. The van der Waals surface area contributed by atoms with Crippen LogP contribution in [0.15, 0.2) is 17.1 Å². The Morgan fingerprint density at radius 1 is 1.04 bits per heavy atom. The Balaban J connectivity index is 2.00. The molecule has 0 aromatic heterocycles. The minimum atomic E-state index is -1.15. The molecular weight excluding hydrogens is 337 g/mol. The van der Waals surface area contributed by atoms with Crippen molar-refractivity contribution in [2.45, 2.75) is 103 Å². The van der Waals surface area contributed by atoms with Crippen molar-refractivity contribution in [3.8, 4) is 23.7 Å². The largest absolute Gasteiger partial charge is 0.476 e. The number of hydrogen-bond acceptors (Lipinski definition) is 2. The van der Waals surface area contributed by atoms with E-state index in [0.717, 1.165) is 19.3 Å². The molecule has 0 bridgehead atoms. The van der Waals surface area contributed by atoms with E-state index in [1.807, 2.05) is 13.8 Å². The van der Waals surface area contributed by atoms with Gasteiger partial charge < -0.3 is 4.74 Å². The molecule has 150 valence electrons. The normalized spacial score (nSPS) is 16.1. The lowest BCUT2D eigenvalue weighted by Crippen LogP contribution is -2.17. The summed E-state index contributed by atoms with van der Waals surface area (Å²) in [5.74, 6) is 12.5. The van der Waals surface area contributed by atoms with Gasteiger partial charge in [0.25, 0.3) is 0 Å². The number of ether oxygens (including phenoxy) is 1. The average molecular weight is 374 g/mol. The van der Waals surface area contributed by atoms with Crippen LogP contribution in [-0.2, 0) is 4.74 Å². The van der Waals surface area contributed by atoms with Gasteiger partial charge in [-0.05, 0) is 52.4 Å². The summed E-state index contributed by atoms with van der Waals surface area (Å²) in [5.41, 5.74) is -0.300. The molecule has 2 nitrogen and oxygen atoms in total. The zero-order valence-corrected chi connectivity index (χ0v) is 17.5. The van der Waals surface area contributed by atoms with Gasteiger partial charge in [0.2, 0.25) is 5.90 Å². The summed E-state index contributed by atoms with van der Waals surface area (Å²) in [6, 6.07) is 0. The van der Waals surface area contributed by atoms with Crippen LogP contribution >= 0.6 is 0 Å². The number of allylic oxidation sites excluding steroid dienone is 2. The standard InChI is InChI=1S/C24H36FNO/c1-4-5-6-7-8-9-10-11-12-13-14-15-16-17-18-19-20-22(25)23-26-24(2,3)21-27-23/h8-9,22H,4-7,10-13,16,19-21H2,1-3H3/b9-8-.